The lowest BCUT2D eigenvalue weighted by Gasteiger charge is -2.01. The SMILES string of the molecule is CCS(=O)(=O)c1ccc(C(=O)N=c2sc3c4ccccc4ccc3n2C)cc1. The summed E-state index contributed by atoms with van der Waals surface area (Å²) in [5.74, 6) is -0.372. The number of sulfone groups is 1. The maximum Gasteiger partial charge on any atom is 0.279 e. The first kappa shape index (κ1) is 18.6. The van der Waals surface area contributed by atoms with Crippen molar-refractivity contribution >= 4 is 48.1 Å². The number of hydrogen-bond acceptors (Lipinski definition) is 4. The Labute approximate surface area is 166 Å². The van der Waals surface area contributed by atoms with Crippen LogP contribution in [0.4, 0.5) is 0 Å². The van der Waals surface area contributed by atoms with E-state index < -0.39 is 15.7 Å². The van der Waals surface area contributed by atoms with Crippen LogP contribution >= 0.6 is 11.3 Å². The predicted molar refractivity (Wildman–Crippen MR) is 112 cm³/mol. The van der Waals surface area contributed by atoms with Crippen LogP contribution in [-0.4, -0.2) is 24.6 Å². The molecule has 0 saturated carbocycles. The van der Waals surface area contributed by atoms with Gasteiger partial charge in [-0.15, -0.1) is 0 Å². The van der Waals surface area contributed by atoms with Gasteiger partial charge in [-0.2, -0.15) is 4.99 Å². The van der Waals surface area contributed by atoms with E-state index in [1.165, 1.54) is 35.6 Å². The van der Waals surface area contributed by atoms with Gasteiger partial charge in [-0.1, -0.05) is 48.6 Å². The topological polar surface area (TPSA) is 68.5 Å². The Morgan fingerprint density at radius 2 is 1.75 bits per heavy atom. The molecule has 0 aliphatic rings. The maximum atomic E-state index is 12.6. The van der Waals surface area contributed by atoms with Crippen molar-refractivity contribution in [3.63, 3.8) is 0 Å². The van der Waals surface area contributed by atoms with Crippen molar-refractivity contribution in [1.29, 1.82) is 0 Å². The molecule has 1 aromatic heterocycles. The van der Waals surface area contributed by atoms with Gasteiger partial charge in [0.2, 0.25) is 0 Å². The van der Waals surface area contributed by atoms with Crippen molar-refractivity contribution in [1.82, 2.24) is 4.57 Å². The van der Waals surface area contributed by atoms with E-state index in [2.05, 4.69) is 23.2 Å². The van der Waals surface area contributed by atoms with E-state index in [4.69, 9.17) is 0 Å². The van der Waals surface area contributed by atoms with Crippen LogP contribution in [0.3, 0.4) is 0 Å². The molecule has 0 bridgehead atoms. The fourth-order valence-electron chi connectivity index (χ4n) is 3.09. The number of rotatable bonds is 3. The van der Waals surface area contributed by atoms with Crippen LogP contribution in [0.2, 0.25) is 0 Å². The predicted octanol–water partition coefficient (Wildman–Crippen LogP) is 3.93. The molecule has 0 N–H and O–H groups in total. The van der Waals surface area contributed by atoms with Crippen LogP contribution in [0.25, 0.3) is 21.0 Å². The molecule has 1 amide bonds. The Morgan fingerprint density at radius 1 is 1.04 bits per heavy atom. The molecule has 0 atom stereocenters. The Balaban J connectivity index is 1.78. The highest BCUT2D eigenvalue weighted by Gasteiger charge is 2.13. The third-order valence-corrected chi connectivity index (χ3v) is 7.67. The number of amides is 1. The number of fused-ring (bicyclic) bond motifs is 3. The van der Waals surface area contributed by atoms with E-state index in [0.29, 0.717) is 10.4 Å². The zero-order chi connectivity index (χ0) is 19.9. The molecule has 28 heavy (non-hydrogen) atoms. The summed E-state index contributed by atoms with van der Waals surface area (Å²) in [5, 5.41) is 2.27. The summed E-state index contributed by atoms with van der Waals surface area (Å²) in [7, 11) is -1.40. The Bertz CT molecular complexity index is 1380. The van der Waals surface area contributed by atoms with Gasteiger partial charge < -0.3 is 4.57 Å². The number of aromatic nitrogens is 1. The minimum atomic E-state index is -3.29. The quantitative estimate of drug-likeness (QED) is 0.514. The van der Waals surface area contributed by atoms with Gasteiger partial charge in [-0.05, 0) is 35.7 Å². The third-order valence-electron chi connectivity index (χ3n) is 4.74. The van der Waals surface area contributed by atoms with Crippen LogP contribution in [0.1, 0.15) is 17.3 Å². The number of hydrogen-bond donors (Lipinski definition) is 0. The van der Waals surface area contributed by atoms with Crippen LogP contribution in [0, 0.1) is 0 Å². The van der Waals surface area contributed by atoms with Crippen molar-refractivity contribution in [3.8, 4) is 0 Å². The molecule has 0 aliphatic heterocycles. The molecular weight excluding hydrogens is 392 g/mol. The maximum absolute atomic E-state index is 12.6. The van der Waals surface area contributed by atoms with Crippen molar-refractivity contribution in [2.45, 2.75) is 11.8 Å². The lowest BCUT2D eigenvalue weighted by Crippen LogP contribution is -2.13. The van der Waals surface area contributed by atoms with Crippen molar-refractivity contribution in [2.24, 2.45) is 12.0 Å². The largest absolute Gasteiger partial charge is 0.319 e. The Kier molecular flexibility index (Phi) is 4.64. The number of carbonyl (C=O) groups is 1. The molecule has 4 rings (SSSR count). The number of carbonyl (C=O) groups excluding carboxylic acids is 1. The fourth-order valence-corrected chi connectivity index (χ4v) is 5.12. The van der Waals surface area contributed by atoms with Gasteiger partial charge in [0.1, 0.15) is 0 Å². The molecular formula is C21H18N2O3S2. The van der Waals surface area contributed by atoms with Crippen molar-refractivity contribution < 1.29 is 13.2 Å². The molecule has 0 saturated heterocycles. The van der Waals surface area contributed by atoms with Crippen LogP contribution in [0.5, 0.6) is 0 Å². The molecule has 7 heteroatoms. The standard InChI is InChI=1S/C21H18N2O3S2/c1-3-28(25,26)16-11-8-15(9-12-16)20(24)22-21-23(2)18-13-10-14-6-4-5-7-17(14)19(18)27-21/h4-13H,3H2,1-2H3. The molecule has 0 unspecified atom stereocenters. The highest BCUT2D eigenvalue weighted by Crippen LogP contribution is 2.27. The molecule has 0 aliphatic carbocycles. The minimum absolute atomic E-state index is 0.0241. The van der Waals surface area contributed by atoms with Crippen molar-refractivity contribution in [3.05, 3.63) is 71.0 Å². The average molecular weight is 411 g/mol. The van der Waals surface area contributed by atoms with Crippen LogP contribution in [0.15, 0.2) is 70.6 Å². The summed E-state index contributed by atoms with van der Waals surface area (Å²) in [5.41, 5.74) is 1.37. The Hall–Kier alpha value is -2.77. The first-order valence-corrected chi connectivity index (χ1v) is 11.3. The molecule has 0 radical (unpaired) electrons. The van der Waals surface area contributed by atoms with E-state index in [1.807, 2.05) is 29.8 Å². The normalized spacial score (nSPS) is 12.7. The highest BCUT2D eigenvalue weighted by molar-refractivity contribution is 7.91. The fraction of sp³-hybridized carbons (Fsp3) is 0.143. The first-order chi connectivity index (χ1) is 13.4. The van der Waals surface area contributed by atoms with E-state index in [1.54, 1.807) is 6.92 Å². The van der Waals surface area contributed by atoms with Crippen molar-refractivity contribution in [2.75, 3.05) is 5.75 Å². The summed E-state index contributed by atoms with van der Waals surface area (Å²) in [6.07, 6.45) is 0. The van der Waals surface area contributed by atoms with Gasteiger partial charge in [0.15, 0.2) is 14.6 Å². The summed E-state index contributed by atoms with van der Waals surface area (Å²) in [6, 6.07) is 18.1. The second kappa shape index (κ2) is 7.00. The molecule has 4 aromatic rings. The lowest BCUT2D eigenvalue weighted by atomic mass is 10.1. The molecule has 0 spiro atoms. The average Bonchev–Trinajstić information content (AvgIpc) is 3.04. The van der Waals surface area contributed by atoms with Gasteiger partial charge >= 0.3 is 0 Å². The van der Waals surface area contributed by atoms with E-state index in [-0.39, 0.29) is 10.6 Å². The summed E-state index contributed by atoms with van der Waals surface area (Å²) < 4.78 is 26.8. The minimum Gasteiger partial charge on any atom is -0.319 e. The number of benzene rings is 3. The van der Waals surface area contributed by atoms with Crippen LogP contribution in [-0.2, 0) is 16.9 Å². The van der Waals surface area contributed by atoms with E-state index in [9.17, 15) is 13.2 Å². The molecule has 5 nitrogen and oxygen atoms in total. The number of nitrogens with zero attached hydrogens (tertiary/aromatic N) is 2. The molecule has 1 heterocycles. The molecule has 142 valence electrons. The highest BCUT2D eigenvalue weighted by atomic mass is 32.2. The Morgan fingerprint density at radius 3 is 2.46 bits per heavy atom. The van der Waals surface area contributed by atoms with Gasteiger partial charge in [-0.3, -0.25) is 4.79 Å². The van der Waals surface area contributed by atoms with E-state index >= 15 is 0 Å². The smallest absolute Gasteiger partial charge is 0.279 e. The van der Waals surface area contributed by atoms with Crippen LogP contribution < -0.4 is 4.80 Å². The first-order valence-electron chi connectivity index (χ1n) is 8.80. The monoisotopic (exact) mass is 410 g/mol. The lowest BCUT2D eigenvalue weighted by molar-refractivity contribution is 0.0998. The molecule has 0 fully saturated rings. The second-order valence-corrected chi connectivity index (χ2v) is 9.68. The zero-order valence-electron chi connectivity index (χ0n) is 15.4. The summed E-state index contributed by atoms with van der Waals surface area (Å²) in [4.78, 5) is 17.7. The van der Waals surface area contributed by atoms with Gasteiger partial charge in [0, 0.05) is 18.0 Å². The van der Waals surface area contributed by atoms with Gasteiger partial charge in [-0.25, -0.2) is 8.42 Å². The zero-order valence-corrected chi connectivity index (χ0v) is 17.0. The molecule has 3 aromatic carbocycles. The van der Waals surface area contributed by atoms with Gasteiger partial charge in [0.05, 0.1) is 20.9 Å². The number of aryl methyl sites for hydroxylation is 1. The number of thiazole rings is 1. The summed E-state index contributed by atoms with van der Waals surface area (Å²) in [6.45, 7) is 1.59. The van der Waals surface area contributed by atoms with E-state index in [0.717, 1.165) is 21.0 Å². The second-order valence-electron chi connectivity index (χ2n) is 6.42. The third kappa shape index (κ3) is 3.16. The van der Waals surface area contributed by atoms with Gasteiger partial charge in [0.25, 0.3) is 5.91 Å². The summed E-state index contributed by atoms with van der Waals surface area (Å²) >= 11 is 1.47.